The van der Waals surface area contributed by atoms with Crippen molar-refractivity contribution in [3.8, 4) is 0 Å². The molecule has 3 rings (SSSR count). The summed E-state index contributed by atoms with van der Waals surface area (Å²) in [7, 11) is 0. The van der Waals surface area contributed by atoms with Gasteiger partial charge in [0.05, 0.1) is 0 Å². The number of likely N-dealkylation sites (tertiary alicyclic amines) is 1. The summed E-state index contributed by atoms with van der Waals surface area (Å²) in [6.07, 6.45) is 2.50. The molecule has 1 fully saturated rings. The summed E-state index contributed by atoms with van der Waals surface area (Å²) in [5.74, 6) is 0.171. The lowest BCUT2D eigenvalue weighted by molar-refractivity contribution is -0.130. The van der Waals surface area contributed by atoms with Gasteiger partial charge in [0, 0.05) is 32.0 Å². The van der Waals surface area contributed by atoms with E-state index < -0.39 is 0 Å². The first-order chi connectivity index (χ1) is 13.0. The van der Waals surface area contributed by atoms with Crippen LogP contribution in [0.5, 0.6) is 0 Å². The van der Waals surface area contributed by atoms with E-state index >= 15 is 0 Å². The number of rotatable bonds is 7. The van der Waals surface area contributed by atoms with Crippen molar-refractivity contribution in [1.29, 1.82) is 0 Å². The van der Waals surface area contributed by atoms with Crippen LogP contribution in [0.15, 0.2) is 48.5 Å². The molecule has 142 valence electrons. The van der Waals surface area contributed by atoms with Gasteiger partial charge in [0.1, 0.15) is 0 Å². The SMILES string of the molecule is Cc1ccc(CN2C(=O)CCC2CC(=O)NCCc2cccc(C)c2)cc1. The van der Waals surface area contributed by atoms with Gasteiger partial charge in [-0.3, -0.25) is 9.59 Å². The molecule has 1 unspecified atom stereocenters. The predicted octanol–water partition coefficient (Wildman–Crippen LogP) is 3.54. The Hall–Kier alpha value is -2.62. The molecule has 4 heteroatoms. The molecule has 2 aromatic carbocycles. The van der Waals surface area contributed by atoms with Gasteiger partial charge in [-0.25, -0.2) is 0 Å². The molecule has 4 nitrogen and oxygen atoms in total. The average molecular weight is 364 g/mol. The van der Waals surface area contributed by atoms with Crippen molar-refractivity contribution in [3.05, 3.63) is 70.8 Å². The minimum atomic E-state index is -0.00206. The third-order valence-corrected chi connectivity index (χ3v) is 5.17. The second kappa shape index (κ2) is 8.85. The van der Waals surface area contributed by atoms with Crippen LogP contribution in [-0.4, -0.2) is 29.3 Å². The molecule has 0 aromatic heterocycles. The number of carbonyl (C=O) groups is 2. The Morgan fingerprint density at radius 3 is 2.59 bits per heavy atom. The Balaban J connectivity index is 1.49. The lowest BCUT2D eigenvalue weighted by Gasteiger charge is -2.24. The molecule has 1 saturated heterocycles. The van der Waals surface area contributed by atoms with Crippen LogP contribution >= 0.6 is 0 Å². The van der Waals surface area contributed by atoms with Crippen molar-refractivity contribution in [3.63, 3.8) is 0 Å². The van der Waals surface area contributed by atoms with Crippen molar-refractivity contribution in [1.82, 2.24) is 10.2 Å². The Morgan fingerprint density at radius 2 is 1.85 bits per heavy atom. The predicted molar refractivity (Wildman–Crippen MR) is 107 cm³/mol. The second-order valence-corrected chi connectivity index (χ2v) is 7.49. The standard InChI is InChI=1S/C23H28N2O2/c1-17-6-8-20(9-7-17)16-25-21(10-11-23(25)27)15-22(26)24-13-12-19-5-3-4-18(2)14-19/h3-9,14,21H,10-13,15-16H2,1-2H3,(H,24,26). The van der Waals surface area contributed by atoms with Gasteiger partial charge in [-0.1, -0.05) is 59.7 Å². The van der Waals surface area contributed by atoms with Crippen LogP contribution in [0, 0.1) is 13.8 Å². The van der Waals surface area contributed by atoms with Gasteiger partial charge in [-0.05, 0) is 37.8 Å². The summed E-state index contributed by atoms with van der Waals surface area (Å²) in [4.78, 5) is 26.5. The second-order valence-electron chi connectivity index (χ2n) is 7.49. The number of aryl methyl sites for hydroxylation is 2. The number of hydrogen-bond acceptors (Lipinski definition) is 2. The number of nitrogens with zero attached hydrogens (tertiary/aromatic N) is 1. The van der Waals surface area contributed by atoms with Crippen molar-refractivity contribution in [2.24, 2.45) is 0 Å². The Kier molecular flexibility index (Phi) is 6.28. The Bertz CT molecular complexity index is 798. The first-order valence-electron chi connectivity index (χ1n) is 9.68. The van der Waals surface area contributed by atoms with Gasteiger partial charge in [0.25, 0.3) is 0 Å². The number of hydrogen-bond donors (Lipinski definition) is 1. The van der Waals surface area contributed by atoms with Gasteiger partial charge in [0.15, 0.2) is 0 Å². The lowest BCUT2D eigenvalue weighted by Crippen LogP contribution is -2.37. The van der Waals surface area contributed by atoms with Gasteiger partial charge in [-0.15, -0.1) is 0 Å². The molecule has 0 radical (unpaired) electrons. The molecule has 0 bridgehead atoms. The highest BCUT2D eigenvalue weighted by Crippen LogP contribution is 2.24. The first kappa shape index (κ1) is 19.2. The van der Waals surface area contributed by atoms with E-state index in [-0.39, 0.29) is 17.9 Å². The maximum Gasteiger partial charge on any atom is 0.223 e. The highest BCUT2D eigenvalue weighted by atomic mass is 16.2. The van der Waals surface area contributed by atoms with E-state index in [1.54, 1.807) is 0 Å². The fourth-order valence-electron chi connectivity index (χ4n) is 3.61. The minimum absolute atomic E-state index is 0.00206. The molecule has 2 amide bonds. The fourth-order valence-corrected chi connectivity index (χ4v) is 3.61. The zero-order chi connectivity index (χ0) is 19.2. The zero-order valence-corrected chi connectivity index (χ0v) is 16.2. The summed E-state index contributed by atoms with van der Waals surface area (Å²) in [6.45, 7) is 5.33. The van der Waals surface area contributed by atoms with Gasteiger partial charge >= 0.3 is 0 Å². The van der Waals surface area contributed by atoms with E-state index in [4.69, 9.17) is 0 Å². The van der Waals surface area contributed by atoms with Crippen LogP contribution in [0.3, 0.4) is 0 Å². The summed E-state index contributed by atoms with van der Waals surface area (Å²) >= 11 is 0. The van der Waals surface area contributed by atoms with Crippen molar-refractivity contribution < 1.29 is 9.59 Å². The summed E-state index contributed by atoms with van der Waals surface area (Å²) in [5.41, 5.74) is 4.78. The third-order valence-electron chi connectivity index (χ3n) is 5.17. The van der Waals surface area contributed by atoms with Crippen molar-refractivity contribution in [2.75, 3.05) is 6.54 Å². The Morgan fingerprint density at radius 1 is 1.07 bits per heavy atom. The summed E-state index contributed by atoms with van der Waals surface area (Å²) in [6, 6.07) is 16.6. The molecule has 2 aromatic rings. The molecule has 1 aliphatic rings. The van der Waals surface area contributed by atoms with Crippen molar-refractivity contribution in [2.45, 2.75) is 52.1 Å². The number of carbonyl (C=O) groups excluding carboxylic acids is 2. The smallest absolute Gasteiger partial charge is 0.223 e. The van der Waals surface area contributed by atoms with E-state index in [0.29, 0.717) is 25.9 Å². The van der Waals surface area contributed by atoms with E-state index in [2.05, 4.69) is 61.6 Å². The zero-order valence-electron chi connectivity index (χ0n) is 16.2. The van der Waals surface area contributed by atoms with Crippen LogP contribution in [0.25, 0.3) is 0 Å². The molecule has 0 saturated carbocycles. The molecular formula is C23H28N2O2. The van der Waals surface area contributed by atoms with Crippen LogP contribution < -0.4 is 5.32 Å². The third kappa shape index (κ3) is 5.43. The lowest BCUT2D eigenvalue weighted by atomic mass is 10.1. The number of amides is 2. The van der Waals surface area contributed by atoms with E-state index in [1.165, 1.54) is 16.7 Å². The summed E-state index contributed by atoms with van der Waals surface area (Å²) in [5, 5.41) is 3.01. The molecule has 0 aliphatic carbocycles. The van der Waals surface area contributed by atoms with Crippen molar-refractivity contribution >= 4 is 11.8 Å². The highest BCUT2D eigenvalue weighted by Gasteiger charge is 2.32. The maximum atomic E-state index is 12.4. The number of benzene rings is 2. The minimum Gasteiger partial charge on any atom is -0.356 e. The fraction of sp³-hybridized carbons (Fsp3) is 0.391. The quantitative estimate of drug-likeness (QED) is 0.817. The monoisotopic (exact) mass is 364 g/mol. The topological polar surface area (TPSA) is 49.4 Å². The average Bonchev–Trinajstić information content (AvgIpc) is 2.97. The van der Waals surface area contributed by atoms with Crippen LogP contribution in [0.1, 0.15) is 41.5 Å². The van der Waals surface area contributed by atoms with E-state index in [0.717, 1.165) is 18.4 Å². The highest BCUT2D eigenvalue weighted by molar-refractivity contribution is 5.82. The normalized spacial score (nSPS) is 16.6. The van der Waals surface area contributed by atoms with Crippen LogP contribution in [0.2, 0.25) is 0 Å². The molecule has 1 N–H and O–H groups in total. The van der Waals surface area contributed by atoms with Gasteiger partial charge in [-0.2, -0.15) is 0 Å². The maximum absolute atomic E-state index is 12.4. The molecule has 27 heavy (non-hydrogen) atoms. The molecule has 1 atom stereocenters. The molecule has 1 heterocycles. The van der Waals surface area contributed by atoms with Gasteiger partial charge < -0.3 is 10.2 Å². The van der Waals surface area contributed by atoms with E-state index in [1.807, 2.05) is 11.0 Å². The first-order valence-corrected chi connectivity index (χ1v) is 9.68. The van der Waals surface area contributed by atoms with Crippen LogP contribution in [0.4, 0.5) is 0 Å². The Labute approximate surface area is 161 Å². The largest absolute Gasteiger partial charge is 0.356 e. The molecular weight excluding hydrogens is 336 g/mol. The number of nitrogens with one attached hydrogen (secondary N) is 1. The molecule has 0 spiro atoms. The van der Waals surface area contributed by atoms with E-state index in [9.17, 15) is 9.59 Å². The molecule has 1 aliphatic heterocycles. The summed E-state index contributed by atoms with van der Waals surface area (Å²) < 4.78 is 0. The van der Waals surface area contributed by atoms with Gasteiger partial charge in [0.2, 0.25) is 11.8 Å². The van der Waals surface area contributed by atoms with Crippen LogP contribution in [-0.2, 0) is 22.6 Å².